The summed E-state index contributed by atoms with van der Waals surface area (Å²) in [6.45, 7) is 5.55. The Bertz CT molecular complexity index is 1080. The van der Waals surface area contributed by atoms with Crippen LogP contribution in [0.1, 0.15) is 22.4 Å². The number of fused-ring (bicyclic) bond motifs is 1. The fraction of sp³-hybridized carbons (Fsp3) is 0.280. The summed E-state index contributed by atoms with van der Waals surface area (Å²) in [5.74, 6) is 0.543. The van der Waals surface area contributed by atoms with Crippen LogP contribution in [0.5, 0.6) is 0 Å². The fourth-order valence-electron chi connectivity index (χ4n) is 4.31. The number of piperazine rings is 1. The molecule has 2 N–H and O–H groups in total. The summed E-state index contributed by atoms with van der Waals surface area (Å²) >= 11 is 0. The van der Waals surface area contributed by atoms with Crippen molar-refractivity contribution in [1.82, 2.24) is 19.8 Å². The van der Waals surface area contributed by atoms with Crippen LogP contribution in [0.2, 0.25) is 0 Å². The maximum atomic E-state index is 5.76. The third-order valence-corrected chi connectivity index (χ3v) is 6.12. The van der Waals surface area contributed by atoms with E-state index in [1.807, 2.05) is 24.5 Å². The SMILES string of the molecule is CN1CCN(Cc2cccc(-c3cnc4c(c3)C(c3ccc(N)nc3)=CC4)c2)CC1. The minimum absolute atomic E-state index is 0.543. The number of hydrogen-bond donors (Lipinski definition) is 1. The normalized spacial score (nSPS) is 17.0. The van der Waals surface area contributed by atoms with Gasteiger partial charge in [0.1, 0.15) is 5.82 Å². The smallest absolute Gasteiger partial charge is 0.123 e. The number of nitrogens with zero attached hydrogens (tertiary/aromatic N) is 4. The molecule has 0 radical (unpaired) electrons. The zero-order valence-electron chi connectivity index (χ0n) is 17.4. The Morgan fingerprint density at radius 1 is 0.900 bits per heavy atom. The Kier molecular flexibility index (Phi) is 5.07. The summed E-state index contributed by atoms with van der Waals surface area (Å²) in [5.41, 5.74) is 14.1. The van der Waals surface area contributed by atoms with Gasteiger partial charge in [-0.1, -0.05) is 24.3 Å². The van der Waals surface area contributed by atoms with Crippen LogP contribution in [-0.4, -0.2) is 53.0 Å². The lowest BCUT2D eigenvalue weighted by molar-refractivity contribution is 0.148. The second-order valence-corrected chi connectivity index (χ2v) is 8.29. The molecular weight excluding hydrogens is 370 g/mol. The molecule has 0 spiro atoms. The van der Waals surface area contributed by atoms with E-state index >= 15 is 0 Å². The predicted octanol–water partition coefficient (Wildman–Crippen LogP) is 3.46. The highest BCUT2D eigenvalue weighted by Gasteiger charge is 2.19. The minimum Gasteiger partial charge on any atom is -0.384 e. The summed E-state index contributed by atoms with van der Waals surface area (Å²) in [7, 11) is 2.20. The van der Waals surface area contributed by atoms with Gasteiger partial charge in [-0.3, -0.25) is 9.88 Å². The number of rotatable bonds is 4. The highest BCUT2D eigenvalue weighted by atomic mass is 15.2. The first-order chi connectivity index (χ1) is 14.7. The van der Waals surface area contributed by atoms with Crippen LogP contribution in [-0.2, 0) is 13.0 Å². The number of likely N-dealkylation sites (N-methyl/N-ethyl adjacent to an activating group) is 1. The van der Waals surface area contributed by atoms with Gasteiger partial charge >= 0.3 is 0 Å². The number of hydrogen-bond acceptors (Lipinski definition) is 5. The van der Waals surface area contributed by atoms with Gasteiger partial charge in [0.2, 0.25) is 0 Å². The van der Waals surface area contributed by atoms with E-state index in [-0.39, 0.29) is 0 Å². The molecule has 5 nitrogen and oxygen atoms in total. The lowest BCUT2D eigenvalue weighted by Gasteiger charge is -2.32. The highest BCUT2D eigenvalue weighted by Crippen LogP contribution is 2.34. The molecule has 1 aliphatic heterocycles. The highest BCUT2D eigenvalue weighted by molar-refractivity contribution is 5.85. The van der Waals surface area contributed by atoms with Crippen molar-refractivity contribution < 1.29 is 0 Å². The first-order valence-corrected chi connectivity index (χ1v) is 10.6. The van der Waals surface area contributed by atoms with Crippen molar-refractivity contribution >= 4 is 11.4 Å². The molecule has 152 valence electrons. The zero-order chi connectivity index (χ0) is 20.5. The second-order valence-electron chi connectivity index (χ2n) is 8.29. The lowest BCUT2D eigenvalue weighted by Crippen LogP contribution is -2.43. The van der Waals surface area contributed by atoms with Crippen molar-refractivity contribution in [3.05, 3.63) is 83.3 Å². The van der Waals surface area contributed by atoms with Crippen LogP contribution in [0, 0.1) is 0 Å². The fourth-order valence-corrected chi connectivity index (χ4v) is 4.31. The Morgan fingerprint density at radius 3 is 2.53 bits per heavy atom. The van der Waals surface area contributed by atoms with Crippen LogP contribution in [0.25, 0.3) is 16.7 Å². The van der Waals surface area contributed by atoms with Gasteiger partial charge in [0.15, 0.2) is 0 Å². The summed E-state index contributed by atoms with van der Waals surface area (Å²) in [6.07, 6.45) is 6.95. The average molecular weight is 398 g/mol. The van der Waals surface area contributed by atoms with E-state index in [0.29, 0.717) is 5.82 Å². The van der Waals surface area contributed by atoms with Crippen LogP contribution >= 0.6 is 0 Å². The van der Waals surface area contributed by atoms with Gasteiger partial charge in [0.05, 0.1) is 5.69 Å². The molecular formula is C25H27N5. The molecule has 5 rings (SSSR count). The number of nitrogens with two attached hydrogens (primary N) is 1. The van der Waals surface area contributed by atoms with Crippen molar-refractivity contribution in [1.29, 1.82) is 0 Å². The van der Waals surface area contributed by atoms with Gasteiger partial charge in [-0.05, 0) is 48.0 Å². The summed E-state index contributed by atoms with van der Waals surface area (Å²) in [6, 6.07) is 15.0. The van der Waals surface area contributed by atoms with Crippen molar-refractivity contribution in [2.75, 3.05) is 39.0 Å². The molecule has 0 unspecified atom stereocenters. The second kappa shape index (κ2) is 8.01. The maximum absolute atomic E-state index is 5.76. The van der Waals surface area contributed by atoms with Crippen molar-refractivity contribution in [3.8, 4) is 11.1 Å². The molecule has 1 aromatic carbocycles. The molecule has 1 saturated heterocycles. The molecule has 1 fully saturated rings. The van der Waals surface area contributed by atoms with Gasteiger partial charge in [-0.15, -0.1) is 0 Å². The van der Waals surface area contributed by atoms with E-state index in [9.17, 15) is 0 Å². The van der Waals surface area contributed by atoms with Gasteiger partial charge in [-0.2, -0.15) is 0 Å². The van der Waals surface area contributed by atoms with Crippen LogP contribution in [0.4, 0.5) is 5.82 Å². The quantitative estimate of drug-likeness (QED) is 0.731. The average Bonchev–Trinajstić information content (AvgIpc) is 3.19. The van der Waals surface area contributed by atoms with E-state index < -0.39 is 0 Å². The number of pyridine rings is 2. The summed E-state index contributed by atoms with van der Waals surface area (Å²) in [4.78, 5) is 14.0. The Morgan fingerprint density at radius 2 is 1.73 bits per heavy atom. The first-order valence-electron chi connectivity index (χ1n) is 10.6. The Balaban J connectivity index is 1.40. The first kappa shape index (κ1) is 19.0. The predicted molar refractivity (Wildman–Crippen MR) is 122 cm³/mol. The molecule has 1 aliphatic carbocycles. The van der Waals surface area contributed by atoms with E-state index in [4.69, 9.17) is 10.7 Å². The van der Waals surface area contributed by atoms with E-state index in [1.54, 1.807) is 0 Å². The number of anilines is 1. The summed E-state index contributed by atoms with van der Waals surface area (Å²) in [5, 5.41) is 0. The van der Waals surface area contributed by atoms with Gasteiger partial charge in [0.25, 0.3) is 0 Å². The van der Waals surface area contributed by atoms with Crippen molar-refractivity contribution in [2.45, 2.75) is 13.0 Å². The molecule has 3 heterocycles. The molecule has 30 heavy (non-hydrogen) atoms. The largest absolute Gasteiger partial charge is 0.384 e. The lowest BCUT2D eigenvalue weighted by atomic mass is 9.98. The molecule has 0 bridgehead atoms. The van der Waals surface area contributed by atoms with Crippen molar-refractivity contribution in [3.63, 3.8) is 0 Å². The molecule has 5 heteroatoms. The number of benzene rings is 1. The molecule has 0 saturated carbocycles. The van der Waals surface area contributed by atoms with Gasteiger partial charge in [-0.25, -0.2) is 4.98 Å². The topological polar surface area (TPSA) is 58.3 Å². The zero-order valence-corrected chi connectivity index (χ0v) is 17.4. The van der Waals surface area contributed by atoms with Crippen LogP contribution in [0.3, 0.4) is 0 Å². The third kappa shape index (κ3) is 3.86. The Labute approximate surface area is 177 Å². The molecule has 0 atom stereocenters. The minimum atomic E-state index is 0.543. The number of aromatic nitrogens is 2. The molecule has 2 aromatic heterocycles. The standard InChI is InChI=1S/C25H27N5/c1-29-9-11-30(12-10-29)17-18-3-2-4-19(13-18)21-14-23-22(6-7-24(23)27-16-21)20-5-8-25(26)28-15-20/h2-6,8,13-16H,7,9-12,17H2,1H3,(H2,26,28). The Hall–Kier alpha value is -3.02. The molecule has 2 aliphatic rings. The number of allylic oxidation sites excluding steroid dienone is 1. The molecule has 0 amide bonds. The third-order valence-electron chi connectivity index (χ3n) is 6.12. The van der Waals surface area contributed by atoms with Gasteiger partial charge < -0.3 is 10.6 Å². The molecule has 3 aromatic rings. The van der Waals surface area contributed by atoms with E-state index in [0.717, 1.165) is 56.0 Å². The van der Waals surface area contributed by atoms with Crippen molar-refractivity contribution in [2.24, 2.45) is 0 Å². The van der Waals surface area contributed by atoms with E-state index in [2.05, 4.69) is 58.2 Å². The van der Waals surface area contributed by atoms with E-state index in [1.165, 1.54) is 22.3 Å². The summed E-state index contributed by atoms with van der Waals surface area (Å²) < 4.78 is 0. The monoisotopic (exact) mass is 397 g/mol. The maximum Gasteiger partial charge on any atom is 0.123 e. The van der Waals surface area contributed by atoms with Crippen LogP contribution < -0.4 is 5.73 Å². The number of nitrogen functional groups attached to an aromatic ring is 1. The van der Waals surface area contributed by atoms with Crippen LogP contribution in [0.15, 0.2) is 60.9 Å². The van der Waals surface area contributed by atoms with Gasteiger partial charge in [0, 0.05) is 68.2 Å².